The van der Waals surface area contributed by atoms with E-state index >= 15 is 0 Å². The summed E-state index contributed by atoms with van der Waals surface area (Å²) in [5.74, 6) is -0.576. The average Bonchev–Trinajstić information content (AvgIpc) is 2.82. The molecule has 0 aromatic rings. The maximum absolute atomic E-state index is 12.9. The highest BCUT2D eigenvalue weighted by Crippen LogP contribution is 2.37. The number of imide groups is 1. The monoisotopic (exact) mass is 372 g/mol. The fraction of sp³-hybridized carbons (Fsp3) is 0.591. The molecule has 0 fully saturated rings. The van der Waals surface area contributed by atoms with Crippen LogP contribution in [0.2, 0.25) is 0 Å². The van der Waals surface area contributed by atoms with Crippen molar-refractivity contribution in [1.82, 2.24) is 10.2 Å². The lowest BCUT2D eigenvalue weighted by molar-refractivity contribution is -0.143. The number of nitrogens with one attached hydrogen (secondary N) is 1. The zero-order chi connectivity index (χ0) is 20.5. The molecule has 0 saturated heterocycles. The molecular weight excluding hydrogens is 340 g/mol. The number of hydrogen-bond donors (Lipinski definition) is 1. The summed E-state index contributed by atoms with van der Waals surface area (Å²) >= 11 is 0. The van der Waals surface area contributed by atoms with Crippen LogP contribution in [0, 0.1) is 5.41 Å². The Morgan fingerprint density at radius 2 is 1.52 bits per heavy atom. The van der Waals surface area contributed by atoms with Gasteiger partial charge >= 0.3 is 0 Å². The van der Waals surface area contributed by atoms with Crippen LogP contribution in [0.25, 0.3) is 0 Å². The van der Waals surface area contributed by atoms with E-state index in [1.165, 1.54) is 22.6 Å². The molecule has 2 aliphatic rings. The number of rotatable bonds is 9. The lowest BCUT2D eigenvalue weighted by atomic mass is 9.76. The Kier molecular flexibility index (Phi) is 5.83. The van der Waals surface area contributed by atoms with Crippen LogP contribution in [0.1, 0.15) is 67.2 Å². The highest BCUT2D eigenvalue weighted by Gasteiger charge is 2.42. The van der Waals surface area contributed by atoms with Gasteiger partial charge < -0.3 is 5.32 Å². The van der Waals surface area contributed by atoms with E-state index in [4.69, 9.17) is 0 Å². The van der Waals surface area contributed by atoms with Crippen molar-refractivity contribution in [3.63, 3.8) is 0 Å². The molecule has 148 valence electrons. The highest BCUT2D eigenvalue weighted by molar-refractivity contribution is 6.13. The molecular formula is C22H32N2O3. The second-order valence-corrected chi connectivity index (χ2v) is 8.99. The van der Waals surface area contributed by atoms with Crippen LogP contribution >= 0.6 is 0 Å². The van der Waals surface area contributed by atoms with Gasteiger partial charge in [-0.05, 0) is 44.1 Å². The molecule has 1 aliphatic heterocycles. The molecule has 5 nitrogen and oxygen atoms in total. The van der Waals surface area contributed by atoms with Crippen molar-refractivity contribution in [2.24, 2.45) is 5.41 Å². The van der Waals surface area contributed by atoms with Gasteiger partial charge in [-0.3, -0.25) is 19.3 Å². The number of hydrogen-bond acceptors (Lipinski definition) is 3. The lowest BCUT2D eigenvalue weighted by Crippen LogP contribution is -2.52. The van der Waals surface area contributed by atoms with Crippen LogP contribution < -0.4 is 5.32 Å². The molecule has 3 amide bonds. The molecule has 0 unspecified atom stereocenters. The number of carbonyl (C=O) groups excluding carboxylic acids is 3. The van der Waals surface area contributed by atoms with Gasteiger partial charge in [0.05, 0.1) is 5.54 Å². The molecule has 27 heavy (non-hydrogen) atoms. The molecule has 1 N–H and O–H groups in total. The summed E-state index contributed by atoms with van der Waals surface area (Å²) in [6.45, 7) is 11.9. The van der Waals surface area contributed by atoms with Crippen molar-refractivity contribution in [3.05, 3.63) is 36.0 Å². The van der Waals surface area contributed by atoms with Crippen molar-refractivity contribution in [2.45, 2.75) is 78.3 Å². The first-order chi connectivity index (χ1) is 12.5. The quantitative estimate of drug-likeness (QED) is 0.628. The van der Waals surface area contributed by atoms with E-state index in [1.54, 1.807) is 0 Å². The third-order valence-corrected chi connectivity index (χ3v) is 5.65. The predicted octanol–water partition coefficient (Wildman–Crippen LogP) is 3.67. The van der Waals surface area contributed by atoms with Gasteiger partial charge in [-0.1, -0.05) is 45.9 Å². The molecule has 0 saturated carbocycles. The molecule has 0 bridgehead atoms. The molecule has 0 aromatic heterocycles. The van der Waals surface area contributed by atoms with Crippen molar-refractivity contribution >= 4 is 17.7 Å². The first kappa shape index (κ1) is 21.1. The van der Waals surface area contributed by atoms with Gasteiger partial charge in [0.25, 0.3) is 11.8 Å². The maximum atomic E-state index is 12.9. The van der Waals surface area contributed by atoms with E-state index in [-0.39, 0.29) is 28.7 Å². The maximum Gasteiger partial charge on any atom is 0.254 e. The Balaban J connectivity index is 2.05. The summed E-state index contributed by atoms with van der Waals surface area (Å²) in [4.78, 5) is 38.2. The van der Waals surface area contributed by atoms with Crippen molar-refractivity contribution in [1.29, 1.82) is 0 Å². The SMILES string of the molecule is CCC(CC)(NC(=O)CC(C)(C)CC(C)(C)N1C(=O)C=CC1=O)C1=CC=C1. The Morgan fingerprint density at radius 3 is 1.93 bits per heavy atom. The van der Waals surface area contributed by atoms with Gasteiger partial charge in [0.15, 0.2) is 0 Å². The summed E-state index contributed by atoms with van der Waals surface area (Å²) in [6, 6.07) is 0. The lowest BCUT2D eigenvalue weighted by Gasteiger charge is -2.41. The van der Waals surface area contributed by atoms with Gasteiger partial charge in [0.1, 0.15) is 0 Å². The van der Waals surface area contributed by atoms with Gasteiger partial charge in [-0.15, -0.1) is 0 Å². The topological polar surface area (TPSA) is 66.5 Å². The zero-order valence-electron chi connectivity index (χ0n) is 17.4. The average molecular weight is 373 g/mol. The van der Waals surface area contributed by atoms with Crippen LogP contribution in [0.5, 0.6) is 0 Å². The minimum Gasteiger partial charge on any atom is -0.347 e. The number of allylic oxidation sites excluding steroid dienone is 2. The first-order valence-electron chi connectivity index (χ1n) is 9.72. The Hall–Kier alpha value is -2.17. The molecule has 1 heterocycles. The fourth-order valence-corrected chi connectivity index (χ4v) is 4.47. The Labute approximate surface area is 162 Å². The molecule has 2 rings (SSSR count). The minimum absolute atomic E-state index is 0.00194. The smallest absolute Gasteiger partial charge is 0.254 e. The third kappa shape index (κ3) is 4.40. The van der Waals surface area contributed by atoms with E-state index in [1.807, 2.05) is 33.8 Å². The van der Waals surface area contributed by atoms with Gasteiger partial charge in [-0.25, -0.2) is 0 Å². The highest BCUT2D eigenvalue weighted by atomic mass is 16.2. The van der Waals surface area contributed by atoms with Gasteiger partial charge in [0, 0.05) is 24.1 Å². The van der Waals surface area contributed by atoms with Crippen LogP contribution in [-0.4, -0.2) is 33.7 Å². The number of carbonyl (C=O) groups is 3. The fourth-order valence-electron chi connectivity index (χ4n) is 4.47. The molecule has 1 aliphatic carbocycles. The summed E-state index contributed by atoms with van der Waals surface area (Å²) in [6.07, 6.45) is 11.3. The normalized spacial score (nSPS) is 17.3. The Morgan fingerprint density at radius 1 is 1.00 bits per heavy atom. The van der Waals surface area contributed by atoms with Gasteiger partial charge in [-0.2, -0.15) is 0 Å². The second-order valence-electron chi connectivity index (χ2n) is 8.99. The van der Waals surface area contributed by atoms with Gasteiger partial charge in [0.2, 0.25) is 5.91 Å². The molecule has 0 radical (unpaired) electrons. The van der Waals surface area contributed by atoms with E-state index in [9.17, 15) is 14.4 Å². The van der Waals surface area contributed by atoms with Crippen LogP contribution in [0.4, 0.5) is 0 Å². The minimum atomic E-state index is -0.659. The summed E-state index contributed by atoms with van der Waals surface area (Å²) < 4.78 is 0. The summed E-state index contributed by atoms with van der Waals surface area (Å²) in [5, 5.41) is 3.24. The van der Waals surface area contributed by atoms with Crippen LogP contribution in [-0.2, 0) is 14.4 Å². The third-order valence-electron chi connectivity index (χ3n) is 5.65. The number of amides is 3. The van der Waals surface area contributed by atoms with E-state index in [2.05, 4.69) is 31.3 Å². The van der Waals surface area contributed by atoms with Crippen molar-refractivity contribution in [2.75, 3.05) is 0 Å². The summed E-state index contributed by atoms with van der Waals surface area (Å²) in [5.41, 5.74) is -0.179. The van der Waals surface area contributed by atoms with Crippen molar-refractivity contribution in [3.8, 4) is 0 Å². The molecule has 0 atom stereocenters. The molecule has 0 spiro atoms. The predicted molar refractivity (Wildman–Crippen MR) is 107 cm³/mol. The van der Waals surface area contributed by atoms with Crippen LogP contribution in [0.15, 0.2) is 36.0 Å². The Bertz CT molecular complexity index is 704. The molecule has 5 heteroatoms. The summed E-state index contributed by atoms with van der Waals surface area (Å²) in [7, 11) is 0. The van der Waals surface area contributed by atoms with Crippen LogP contribution in [0.3, 0.4) is 0 Å². The van der Waals surface area contributed by atoms with E-state index in [0.717, 1.165) is 12.8 Å². The largest absolute Gasteiger partial charge is 0.347 e. The second kappa shape index (κ2) is 7.45. The standard InChI is InChI=1S/C22H32N2O3/c1-7-22(8-2,16-10-9-11-16)23-17(25)14-20(3,4)15-21(5,6)24-18(26)12-13-19(24)27/h9-13H,7-8,14-15H2,1-6H3,(H,23,25). The van der Waals surface area contributed by atoms with E-state index < -0.39 is 5.54 Å². The van der Waals surface area contributed by atoms with E-state index in [0.29, 0.717) is 12.8 Å². The molecule has 0 aromatic carbocycles. The number of nitrogens with zero attached hydrogens (tertiary/aromatic N) is 1. The van der Waals surface area contributed by atoms with Crippen molar-refractivity contribution < 1.29 is 14.4 Å². The zero-order valence-corrected chi connectivity index (χ0v) is 17.4. The first-order valence-corrected chi connectivity index (χ1v) is 9.72.